The van der Waals surface area contributed by atoms with Gasteiger partial charge < -0.3 is 10.5 Å². The lowest BCUT2D eigenvalue weighted by molar-refractivity contribution is 0.302. The average molecular weight is 290 g/mol. The molecule has 3 heteroatoms. The van der Waals surface area contributed by atoms with E-state index in [-0.39, 0.29) is 0 Å². The highest BCUT2D eigenvalue weighted by molar-refractivity contribution is 6.30. The highest BCUT2D eigenvalue weighted by Crippen LogP contribution is 2.20. The predicted molar refractivity (Wildman–Crippen MR) is 84.4 cm³/mol. The van der Waals surface area contributed by atoms with Crippen molar-refractivity contribution in [2.24, 2.45) is 5.73 Å². The summed E-state index contributed by atoms with van der Waals surface area (Å²) in [4.78, 5) is 0. The smallest absolute Gasteiger partial charge is 0.119 e. The molecular weight excluding hydrogens is 270 g/mol. The lowest BCUT2D eigenvalue weighted by atomic mass is 9.95. The minimum Gasteiger partial charge on any atom is -0.494 e. The van der Waals surface area contributed by atoms with Crippen LogP contribution in [0.2, 0.25) is 5.02 Å². The van der Waals surface area contributed by atoms with Gasteiger partial charge in [-0.05, 0) is 55.1 Å². The number of nitrogens with two attached hydrogens (primary N) is 1. The van der Waals surface area contributed by atoms with E-state index in [0.717, 1.165) is 23.6 Å². The van der Waals surface area contributed by atoms with Crippen molar-refractivity contribution < 1.29 is 4.74 Å². The Hall–Kier alpha value is -1.51. The van der Waals surface area contributed by atoms with E-state index in [1.807, 2.05) is 30.3 Å². The summed E-state index contributed by atoms with van der Waals surface area (Å²) >= 11 is 5.83. The number of halogens is 1. The third-order valence-corrected chi connectivity index (χ3v) is 3.59. The molecule has 2 aromatic rings. The molecule has 0 heterocycles. The quantitative estimate of drug-likeness (QED) is 0.774. The van der Waals surface area contributed by atoms with E-state index in [1.54, 1.807) is 0 Å². The van der Waals surface area contributed by atoms with Crippen LogP contribution in [0.25, 0.3) is 0 Å². The van der Waals surface area contributed by atoms with Crippen LogP contribution in [0.4, 0.5) is 0 Å². The SMILES string of the molecule is NCC(CCCOc1ccc(Cl)cc1)c1ccccc1. The summed E-state index contributed by atoms with van der Waals surface area (Å²) in [5.74, 6) is 1.27. The van der Waals surface area contributed by atoms with E-state index in [2.05, 4.69) is 24.3 Å². The van der Waals surface area contributed by atoms with Crippen molar-refractivity contribution >= 4 is 11.6 Å². The van der Waals surface area contributed by atoms with E-state index in [0.29, 0.717) is 19.1 Å². The summed E-state index contributed by atoms with van der Waals surface area (Å²) in [5, 5.41) is 0.727. The Bertz CT molecular complexity index is 498. The van der Waals surface area contributed by atoms with Gasteiger partial charge in [0.05, 0.1) is 6.61 Å². The molecule has 0 aliphatic heterocycles. The van der Waals surface area contributed by atoms with Crippen LogP contribution in [0, 0.1) is 0 Å². The van der Waals surface area contributed by atoms with Gasteiger partial charge in [0.25, 0.3) is 0 Å². The Labute approximate surface area is 125 Å². The zero-order valence-electron chi connectivity index (χ0n) is 11.5. The number of benzene rings is 2. The molecule has 0 amide bonds. The van der Waals surface area contributed by atoms with Crippen molar-refractivity contribution in [3.05, 3.63) is 65.2 Å². The maximum Gasteiger partial charge on any atom is 0.119 e. The van der Waals surface area contributed by atoms with Crippen LogP contribution in [0.15, 0.2) is 54.6 Å². The second-order valence-electron chi connectivity index (χ2n) is 4.79. The van der Waals surface area contributed by atoms with Crippen molar-refractivity contribution in [3.8, 4) is 5.75 Å². The van der Waals surface area contributed by atoms with Crippen LogP contribution in [-0.2, 0) is 0 Å². The van der Waals surface area contributed by atoms with E-state index < -0.39 is 0 Å². The predicted octanol–water partition coefficient (Wildman–Crippen LogP) is 4.24. The molecule has 2 nitrogen and oxygen atoms in total. The molecule has 1 atom stereocenters. The van der Waals surface area contributed by atoms with Crippen molar-refractivity contribution in [2.75, 3.05) is 13.2 Å². The maximum absolute atomic E-state index is 5.86. The lowest BCUT2D eigenvalue weighted by Gasteiger charge is -2.15. The Morgan fingerprint density at radius 1 is 1.00 bits per heavy atom. The second-order valence-corrected chi connectivity index (χ2v) is 5.22. The molecule has 2 aromatic carbocycles. The number of ether oxygens (including phenoxy) is 1. The van der Waals surface area contributed by atoms with Crippen molar-refractivity contribution in [3.63, 3.8) is 0 Å². The first kappa shape index (κ1) is 14.9. The lowest BCUT2D eigenvalue weighted by Crippen LogP contribution is -2.13. The van der Waals surface area contributed by atoms with E-state index in [1.165, 1.54) is 5.56 Å². The van der Waals surface area contributed by atoms with Crippen LogP contribution in [0.1, 0.15) is 24.3 Å². The number of hydrogen-bond donors (Lipinski definition) is 1. The number of hydrogen-bond acceptors (Lipinski definition) is 2. The van der Waals surface area contributed by atoms with Gasteiger partial charge in [0, 0.05) is 5.02 Å². The molecule has 20 heavy (non-hydrogen) atoms. The van der Waals surface area contributed by atoms with Crippen molar-refractivity contribution in [1.29, 1.82) is 0 Å². The summed E-state index contributed by atoms with van der Waals surface area (Å²) in [5.41, 5.74) is 7.17. The van der Waals surface area contributed by atoms with Crippen LogP contribution < -0.4 is 10.5 Å². The average Bonchev–Trinajstić information content (AvgIpc) is 2.50. The molecule has 1 unspecified atom stereocenters. The zero-order valence-corrected chi connectivity index (χ0v) is 12.2. The molecule has 0 spiro atoms. The summed E-state index contributed by atoms with van der Waals surface area (Å²) in [6.45, 7) is 1.37. The highest BCUT2D eigenvalue weighted by atomic mass is 35.5. The molecule has 0 bridgehead atoms. The van der Waals surface area contributed by atoms with Gasteiger partial charge in [-0.25, -0.2) is 0 Å². The minimum absolute atomic E-state index is 0.407. The molecule has 0 saturated heterocycles. The van der Waals surface area contributed by atoms with Gasteiger partial charge in [-0.3, -0.25) is 0 Å². The molecule has 0 aromatic heterocycles. The van der Waals surface area contributed by atoms with Gasteiger partial charge >= 0.3 is 0 Å². The molecular formula is C17H20ClNO. The highest BCUT2D eigenvalue weighted by Gasteiger charge is 2.08. The largest absolute Gasteiger partial charge is 0.494 e. The third-order valence-electron chi connectivity index (χ3n) is 3.33. The Morgan fingerprint density at radius 2 is 1.70 bits per heavy atom. The number of rotatable bonds is 7. The van der Waals surface area contributed by atoms with E-state index in [9.17, 15) is 0 Å². The summed E-state index contributed by atoms with van der Waals surface area (Å²) in [7, 11) is 0. The van der Waals surface area contributed by atoms with E-state index in [4.69, 9.17) is 22.1 Å². The standard InChI is InChI=1S/C17H20ClNO/c18-16-8-10-17(11-9-16)20-12-4-7-15(13-19)14-5-2-1-3-6-14/h1-3,5-6,8-11,15H,4,7,12-13,19H2. The monoisotopic (exact) mass is 289 g/mol. The Morgan fingerprint density at radius 3 is 2.35 bits per heavy atom. The summed E-state index contributed by atoms with van der Waals surface area (Å²) in [6.07, 6.45) is 2.02. The fraction of sp³-hybridized carbons (Fsp3) is 0.294. The third kappa shape index (κ3) is 4.55. The Kier molecular flexibility index (Phi) is 5.90. The fourth-order valence-corrected chi connectivity index (χ4v) is 2.32. The maximum atomic E-state index is 5.86. The molecule has 0 saturated carbocycles. The van der Waals surface area contributed by atoms with Crippen molar-refractivity contribution in [1.82, 2.24) is 0 Å². The van der Waals surface area contributed by atoms with Gasteiger partial charge in [-0.15, -0.1) is 0 Å². The Balaban J connectivity index is 1.76. The van der Waals surface area contributed by atoms with Gasteiger partial charge in [0.2, 0.25) is 0 Å². The molecule has 2 rings (SSSR count). The van der Waals surface area contributed by atoms with Crippen LogP contribution in [0.5, 0.6) is 5.75 Å². The molecule has 0 fully saturated rings. The minimum atomic E-state index is 0.407. The molecule has 0 aliphatic rings. The normalized spacial score (nSPS) is 12.1. The molecule has 0 radical (unpaired) electrons. The van der Waals surface area contributed by atoms with Crippen molar-refractivity contribution in [2.45, 2.75) is 18.8 Å². The zero-order chi connectivity index (χ0) is 14.2. The first-order chi connectivity index (χ1) is 9.79. The van der Waals surface area contributed by atoms with Crippen LogP contribution >= 0.6 is 11.6 Å². The first-order valence-electron chi connectivity index (χ1n) is 6.93. The fourth-order valence-electron chi connectivity index (χ4n) is 2.20. The van der Waals surface area contributed by atoms with Gasteiger partial charge in [0.1, 0.15) is 5.75 Å². The van der Waals surface area contributed by atoms with Gasteiger partial charge in [-0.1, -0.05) is 41.9 Å². The van der Waals surface area contributed by atoms with Crippen LogP contribution in [-0.4, -0.2) is 13.2 Å². The van der Waals surface area contributed by atoms with Gasteiger partial charge in [0.15, 0.2) is 0 Å². The summed E-state index contributed by atoms with van der Waals surface area (Å²) in [6, 6.07) is 17.9. The van der Waals surface area contributed by atoms with Gasteiger partial charge in [-0.2, -0.15) is 0 Å². The summed E-state index contributed by atoms with van der Waals surface area (Å²) < 4.78 is 5.69. The second kappa shape index (κ2) is 7.93. The van der Waals surface area contributed by atoms with Crippen LogP contribution in [0.3, 0.4) is 0 Å². The topological polar surface area (TPSA) is 35.2 Å². The molecule has 0 aliphatic carbocycles. The first-order valence-corrected chi connectivity index (χ1v) is 7.31. The van der Waals surface area contributed by atoms with E-state index >= 15 is 0 Å². The molecule has 2 N–H and O–H groups in total. The molecule has 106 valence electrons.